The van der Waals surface area contributed by atoms with Crippen LogP contribution in [0, 0.1) is 6.92 Å². The predicted octanol–water partition coefficient (Wildman–Crippen LogP) is 3.35. The number of hydrogen-bond donors (Lipinski definition) is 3. The average molecular weight is 528 g/mol. The third-order valence-electron chi connectivity index (χ3n) is 5.86. The summed E-state index contributed by atoms with van der Waals surface area (Å²) in [5, 5.41) is 17.6. The van der Waals surface area contributed by atoms with Crippen molar-refractivity contribution in [3.63, 3.8) is 0 Å². The molecule has 0 saturated heterocycles. The summed E-state index contributed by atoms with van der Waals surface area (Å²) >= 11 is 0. The van der Waals surface area contributed by atoms with Crippen LogP contribution >= 0.6 is 0 Å². The van der Waals surface area contributed by atoms with E-state index in [0.717, 1.165) is 41.1 Å². The van der Waals surface area contributed by atoms with Crippen molar-refractivity contribution in [2.24, 2.45) is 5.10 Å². The highest BCUT2D eigenvalue weighted by Gasteiger charge is 2.14. The number of nitrogens with one attached hydrogen (secondary N) is 2. The van der Waals surface area contributed by atoms with Crippen LogP contribution in [0.1, 0.15) is 49.8 Å². The first-order valence-corrected chi connectivity index (χ1v) is 13.3. The third-order valence-corrected chi connectivity index (χ3v) is 5.86. The summed E-state index contributed by atoms with van der Waals surface area (Å²) in [4.78, 5) is 11.3. The molecule has 0 fully saturated rings. The van der Waals surface area contributed by atoms with Gasteiger partial charge < -0.3 is 29.4 Å². The second-order valence-corrected chi connectivity index (χ2v) is 9.56. The lowest BCUT2D eigenvalue weighted by molar-refractivity contribution is -0.121. The molecule has 1 heterocycles. The van der Waals surface area contributed by atoms with Crippen molar-refractivity contribution in [2.45, 2.75) is 58.8 Å². The lowest BCUT2D eigenvalue weighted by Gasteiger charge is -2.15. The minimum Gasteiger partial charge on any atom is -0.493 e. The standard InChI is InChI=1S/C29H41N3O6/c1-21(2)36-16-15-35-19-23-5-8-26(9-6-23)38-20-25(33)18-30-13-4-14-37-28-11-7-24(17-22(28)3)27-10-12-29(34)32-31-27/h5-9,11,17,21,25,30,33H,4,10,12-16,18-20H2,1-3H3,(H,32,34). The zero-order chi connectivity index (χ0) is 27.2. The molecule has 3 N–H and O–H groups in total. The number of carbonyl (C=O) groups excluding carboxylic acids is 1. The first-order chi connectivity index (χ1) is 18.4. The highest BCUT2D eigenvalue weighted by atomic mass is 16.5. The number of nitrogens with zero attached hydrogens (tertiary/aromatic N) is 1. The number of carbonyl (C=O) groups is 1. The Morgan fingerprint density at radius 2 is 1.87 bits per heavy atom. The van der Waals surface area contributed by atoms with E-state index < -0.39 is 6.10 Å². The first kappa shape index (κ1) is 29.6. The smallest absolute Gasteiger partial charge is 0.240 e. The van der Waals surface area contributed by atoms with E-state index in [1.54, 1.807) is 0 Å². The monoisotopic (exact) mass is 527 g/mol. The van der Waals surface area contributed by atoms with E-state index >= 15 is 0 Å². The summed E-state index contributed by atoms with van der Waals surface area (Å²) in [5.74, 6) is 1.50. The molecule has 2 aromatic carbocycles. The molecule has 0 aromatic heterocycles. The molecule has 1 amide bonds. The van der Waals surface area contributed by atoms with Crippen LogP contribution < -0.4 is 20.2 Å². The molecule has 1 atom stereocenters. The van der Waals surface area contributed by atoms with Crippen LogP contribution in [-0.4, -0.2) is 68.5 Å². The number of ether oxygens (including phenoxy) is 4. The number of amides is 1. The van der Waals surface area contributed by atoms with Gasteiger partial charge in [-0.3, -0.25) is 4.79 Å². The maximum Gasteiger partial charge on any atom is 0.240 e. The van der Waals surface area contributed by atoms with Gasteiger partial charge in [-0.2, -0.15) is 5.10 Å². The van der Waals surface area contributed by atoms with Crippen molar-refractivity contribution >= 4 is 11.6 Å². The topological polar surface area (TPSA) is 111 Å². The molecular weight excluding hydrogens is 486 g/mol. The van der Waals surface area contributed by atoms with Crippen LogP contribution in [0.4, 0.5) is 0 Å². The molecule has 0 radical (unpaired) electrons. The van der Waals surface area contributed by atoms with Crippen molar-refractivity contribution in [1.29, 1.82) is 0 Å². The van der Waals surface area contributed by atoms with E-state index in [4.69, 9.17) is 18.9 Å². The van der Waals surface area contributed by atoms with Gasteiger partial charge in [0.05, 0.1) is 38.2 Å². The Balaban J connectivity index is 1.24. The van der Waals surface area contributed by atoms with Crippen molar-refractivity contribution in [3.8, 4) is 11.5 Å². The van der Waals surface area contributed by atoms with Crippen LogP contribution in [0.2, 0.25) is 0 Å². The Bertz CT molecular complexity index is 1030. The Labute approximate surface area is 225 Å². The Morgan fingerprint density at radius 1 is 1.05 bits per heavy atom. The van der Waals surface area contributed by atoms with E-state index in [1.807, 2.05) is 63.2 Å². The molecule has 3 rings (SSSR count). The highest BCUT2D eigenvalue weighted by Crippen LogP contribution is 2.21. The molecule has 38 heavy (non-hydrogen) atoms. The van der Waals surface area contributed by atoms with Crippen molar-refractivity contribution < 1.29 is 28.8 Å². The number of aliphatic hydroxyl groups excluding tert-OH is 1. The highest BCUT2D eigenvalue weighted by molar-refractivity contribution is 6.04. The first-order valence-electron chi connectivity index (χ1n) is 13.3. The molecule has 9 heteroatoms. The maximum atomic E-state index is 11.3. The summed E-state index contributed by atoms with van der Waals surface area (Å²) in [6.45, 7) is 9.63. The zero-order valence-corrected chi connectivity index (χ0v) is 22.7. The minimum absolute atomic E-state index is 0.0463. The van der Waals surface area contributed by atoms with Crippen LogP contribution in [0.5, 0.6) is 11.5 Å². The van der Waals surface area contributed by atoms with Gasteiger partial charge in [0.25, 0.3) is 0 Å². The molecule has 9 nitrogen and oxygen atoms in total. The van der Waals surface area contributed by atoms with E-state index in [1.165, 1.54) is 0 Å². The summed E-state index contributed by atoms with van der Waals surface area (Å²) in [7, 11) is 0. The molecule has 1 aliphatic rings. The van der Waals surface area contributed by atoms with Gasteiger partial charge in [0.2, 0.25) is 5.91 Å². The maximum absolute atomic E-state index is 11.3. The summed E-state index contributed by atoms with van der Waals surface area (Å²) < 4.78 is 22.7. The van der Waals surface area contributed by atoms with Gasteiger partial charge in [0.1, 0.15) is 24.2 Å². The molecule has 0 aliphatic carbocycles. The number of aliphatic hydroxyl groups is 1. The zero-order valence-electron chi connectivity index (χ0n) is 22.7. The number of aryl methyl sites for hydroxylation is 1. The molecule has 1 unspecified atom stereocenters. The molecule has 0 bridgehead atoms. The quantitative estimate of drug-likeness (QED) is 0.271. The molecule has 0 spiro atoms. The summed E-state index contributed by atoms with van der Waals surface area (Å²) in [5.41, 5.74) is 6.51. The number of hydrazone groups is 1. The van der Waals surface area contributed by atoms with Crippen LogP contribution in [0.25, 0.3) is 0 Å². The second-order valence-electron chi connectivity index (χ2n) is 9.56. The van der Waals surface area contributed by atoms with Crippen molar-refractivity contribution in [1.82, 2.24) is 10.7 Å². The van der Waals surface area contributed by atoms with Crippen molar-refractivity contribution in [2.75, 3.05) is 39.5 Å². The Kier molecular flexibility index (Phi) is 12.5. The Morgan fingerprint density at radius 3 is 2.58 bits per heavy atom. The lowest BCUT2D eigenvalue weighted by atomic mass is 10.0. The summed E-state index contributed by atoms with van der Waals surface area (Å²) in [6.07, 6.45) is 1.51. The molecule has 0 saturated carbocycles. The van der Waals surface area contributed by atoms with Gasteiger partial charge in [-0.15, -0.1) is 0 Å². The summed E-state index contributed by atoms with van der Waals surface area (Å²) in [6, 6.07) is 13.6. The van der Waals surface area contributed by atoms with Crippen LogP contribution in [0.3, 0.4) is 0 Å². The van der Waals surface area contributed by atoms with Gasteiger partial charge in [-0.1, -0.05) is 12.1 Å². The molecule has 1 aliphatic heterocycles. The van der Waals surface area contributed by atoms with Gasteiger partial charge in [-0.25, -0.2) is 5.43 Å². The number of rotatable bonds is 17. The fourth-order valence-corrected chi connectivity index (χ4v) is 3.79. The van der Waals surface area contributed by atoms with Gasteiger partial charge >= 0.3 is 0 Å². The lowest BCUT2D eigenvalue weighted by Crippen LogP contribution is -2.32. The average Bonchev–Trinajstić information content (AvgIpc) is 2.91. The molecule has 208 valence electrons. The fraction of sp³-hybridized carbons (Fsp3) is 0.517. The normalized spacial score (nSPS) is 14.2. The molecule has 2 aromatic rings. The SMILES string of the molecule is Cc1cc(C2=NNC(=O)CC2)ccc1OCCCNCC(O)COc1ccc(COCCOC(C)C)cc1. The fourth-order valence-electron chi connectivity index (χ4n) is 3.79. The predicted molar refractivity (Wildman–Crippen MR) is 147 cm³/mol. The van der Waals surface area contributed by atoms with Crippen LogP contribution in [0.15, 0.2) is 47.6 Å². The molecular formula is C29H41N3O6. The number of benzene rings is 2. The van der Waals surface area contributed by atoms with E-state index in [9.17, 15) is 9.90 Å². The minimum atomic E-state index is -0.609. The largest absolute Gasteiger partial charge is 0.493 e. The van der Waals surface area contributed by atoms with Gasteiger partial charge in [-0.05, 0) is 80.8 Å². The third kappa shape index (κ3) is 10.8. The van der Waals surface area contributed by atoms with E-state index in [0.29, 0.717) is 51.6 Å². The Hall–Kier alpha value is -2.98. The van der Waals surface area contributed by atoms with Crippen molar-refractivity contribution in [3.05, 3.63) is 59.2 Å². The number of hydrogen-bond acceptors (Lipinski definition) is 8. The van der Waals surface area contributed by atoms with E-state index in [-0.39, 0.29) is 18.6 Å². The second kappa shape index (κ2) is 16.1. The van der Waals surface area contributed by atoms with Gasteiger partial charge in [0.15, 0.2) is 0 Å². The van der Waals surface area contributed by atoms with E-state index in [2.05, 4.69) is 15.8 Å². The van der Waals surface area contributed by atoms with Gasteiger partial charge in [0, 0.05) is 19.4 Å². The van der Waals surface area contributed by atoms with Crippen LogP contribution in [-0.2, 0) is 20.9 Å².